The van der Waals surface area contributed by atoms with Gasteiger partial charge in [0.1, 0.15) is 5.76 Å². The van der Waals surface area contributed by atoms with Gasteiger partial charge in [-0.05, 0) is 18.4 Å². The van der Waals surface area contributed by atoms with Crippen LogP contribution < -0.4 is 0 Å². The van der Waals surface area contributed by atoms with Crippen molar-refractivity contribution in [3.05, 3.63) is 11.8 Å². The molecule has 0 fully saturated rings. The summed E-state index contributed by atoms with van der Waals surface area (Å²) < 4.78 is 62.5. The predicted octanol–water partition coefficient (Wildman–Crippen LogP) is 2.70. The van der Waals surface area contributed by atoms with Crippen molar-refractivity contribution in [2.45, 2.75) is 32.2 Å². The van der Waals surface area contributed by atoms with E-state index in [0.717, 1.165) is 0 Å². The molecule has 0 aromatic heterocycles. The molecule has 0 unspecified atom stereocenters. The van der Waals surface area contributed by atoms with Crippen molar-refractivity contribution < 1.29 is 25.8 Å². The molecule has 1 atom stereocenters. The molecule has 4 nitrogen and oxygen atoms in total. The topological polar surface area (TPSA) is 67.2 Å². The molecule has 1 rings (SSSR count). The van der Waals surface area contributed by atoms with Crippen LogP contribution in [0.3, 0.4) is 0 Å². The standard InChI is InChI=1S/C10H12F3NO3S/c1-9(2)7(5-6-14)3-4-8(9)17-18(15,16)10(11,12)13/h4,7H,3,5H2,1-2H3/t7-/m0/s1. The Kier molecular flexibility index (Phi) is 3.68. The molecule has 0 aromatic rings. The second-order valence-electron chi connectivity index (χ2n) is 4.57. The lowest BCUT2D eigenvalue weighted by Gasteiger charge is -2.28. The summed E-state index contributed by atoms with van der Waals surface area (Å²) in [5, 5.41) is 8.59. The average molecular weight is 283 g/mol. The number of rotatable bonds is 3. The number of halogens is 3. The largest absolute Gasteiger partial charge is 0.534 e. The van der Waals surface area contributed by atoms with Gasteiger partial charge in [-0.25, -0.2) is 0 Å². The highest BCUT2D eigenvalue weighted by Crippen LogP contribution is 2.46. The summed E-state index contributed by atoms with van der Waals surface area (Å²) in [4.78, 5) is 0. The summed E-state index contributed by atoms with van der Waals surface area (Å²) in [6.45, 7) is 3.11. The van der Waals surface area contributed by atoms with Gasteiger partial charge in [0, 0.05) is 11.8 Å². The molecule has 0 spiro atoms. The third-order valence-corrected chi connectivity index (χ3v) is 4.03. The van der Waals surface area contributed by atoms with Crippen LogP contribution in [0.2, 0.25) is 0 Å². The van der Waals surface area contributed by atoms with Gasteiger partial charge in [-0.1, -0.05) is 13.8 Å². The molecule has 0 amide bonds. The van der Waals surface area contributed by atoms with Crippen LogP contribution in [0.1, 0.15) is 26.7 Å². The maximum absolute atomic E-state index is 12.2. The molecular formula is C10H12F3NO3S. The Bertz CT molecular complexity index is 499. The third-order valence-electron chi connectivity index (χ3n) is 3.06. The lowest BCUT2D eigenvalue weighted by molar-refractivity contribution is -0.0532. The summed E-state index contributed by atoms with van der Waals surface area (Å²) in [6, 6.07) is 1.92. The van der Waals surface area contributed by atoms with Gasteiger partial charge in [-0.15, -0.1) is 0 Å². The first-order valence-corrected chi connectivity index (χ1v) is 6.51. The molecule has 1 aliphatic carbocycles. The number of alkyl halides is 3. The van der Waals surface area contributed by atoms with Crippen LogP contribution in [0.5, 0.6) is 0 Å². The second kappa shape index (κ2) is 4.46. The van der Waals surface area contributed by atoms with E-state index in [-0.39, 0.29) is 18.1 Å². The summed E-state index contributed by atoms with van der Waals surface area (Å²) in [7, 11) is -5.64. The average Bonchev–Trinajstić information content (AvgIpc) is 2.43. The highest BCUT2D eigenvalue weighted by atomic mass is 32.2. The van der Waals surface area contributed by atoms with Crippen LogP contribution in [-0.4, -0.2) is 13.9 Å². The lowest BCUT2D eigenvalue weighted by Crippen LogP contribution is -2.30. The van der Waals surface area contributed by atoms with E-state index in [2.05, 4.69) is 4.18 Å². The number of hydrogen-bond donors (Lipinski definition) is 0. The van der Waals surface area contributed by atoms with Gasteiger partial charge < -0.3 is 4.18 Å². The zero-order valence-corrected chi connectivity index (χ0v) is 10.6. The van der Waals surface area contributed by atoms with Gasteiger partial charge in [0.05, 0.1) is 6.07 Å². The molecule has 0 saturated heterocycles. The van der Waals surface area contributed by atoms with Crippen LogP contribution in [0.15, 0.2) is 11.8 Å². The van der Waals surface area contributed by atoms with Gasteiger partial charge in [-0.2, -0.15) is 26.9 Å². The Balaban J connectivity index is 2.93. The van der Waals surface area contributed by atoms with E-state index in [4.69, 9.17) is 5.26 Å². The number of allylic oxidation sites excluding steroid dienone is 2. The van der Waals surface area contributed by atoms with E-state index < -0.39 is 21.0 Å². The number of nitriles is 1. The highest BCUT2D eigenvalue weighted by molar-refractivity contribution is 7.87. The molecule has 0 aromatic carbocycles. The molecule has 102 valence electrons. The fourth-order valence-corrected chi connectivity index (χ4v) is 2.38. The maximum atomic E-state index is 12.2. The Morgan fingerprint density at radius 3 is 2.56 bits per heavy atom. The quantitative estimate of drug-likeness (QED) is 0.590. The van der Waals surface area contributed by atoms with Gasteiger partial charge in [0.2, 0.25) is 0 Å². The SMILES string of the molecule is CC1(C)C(OS(=O)(=O)C(F)(F)F)=CC[C@H]1CC#N. The Morgan fingerprint density at radius 2 is 2.11 bits per heavy atom. The van der Waals surface area contributed by atoms with Crippen molar-refractivity contribution >= 4 is 10.1 Å². The first-order valence-electron chi connectivity index (χ1n) is 5.10. The summed E-state index contributed by atoms with van der Waals surface area (Å²) in [5.74, 6) is -0.499. The van der Waals surface area contributed by atoms with E-state index in [1.807, 2.05) is 6.07 Å². The zero-order chi connectivity index (χ0) is 14.2. The summed E-state index contributed by atoms with van der Waals surface area (Å²) in [6.07, 6.45) is 1.75. The van der Waals surface area contributed by atoms with Crippen molar-refractivity contribution in [2.24, 2.45) is 11.3 Å². The molecule has 0 saturated carbocycles. The molecule has 1 aliphatic rings. The first-order chi connectivity index (χ1) is 8.02. The lowest BCUT2D eigenvalue weighted by atomic mass is 9.79. The Labute approximate surface area is 103 Å². The Hall–Kier alpha value is -1.23. The number of hydrogen-bond acceptors (Lipinski definition) is 4. The minimum atomic E-state index is -5.64. The fraction of sp³-hybridized carbons (Fsp3) is 0.700. The first kappa shape index (κ1) is 14.8. The van der Waals surface area contributed by atoms with Gasteiger partial charge in [0.15, 0.2) is 0 Å². The van der Waals surface area contributed by atoms with Gasteiger partial charge >= 0.3 is 15.6 Å². The van der Waals surface area contributed by atoms with Crippen LogP contribution in [0.25, 0.3) is 0 Å². The molecule has 0 radical (unpaired) electrons. The fourth-order valence-electron chi connectivity index (χ4n) is 1.76. The summed E-state index contributed by atoms with van der Waals surface area (Å²) in [5.41, 5.74) is -6.36. The van der Waals surface area contributed by atoms with Crippen molar-refractivity contribution in [1.82, 2.24) is 0 Å². The molecule has 0 heterocycles. The number of nitrogens with zero attached hydrogens (tertiary/aromatic N) is 1. The van der Waals surface area contributed by atoms with Crippen molar-refractivity contribution in [3.63, 3.8) is 0 Å². The van der Waals surface area contributed by atoms with Crippen LogP contribution in [0, 0.1) is 22.7 Å². The van der Waals surface area contributed by atoms with E-state index in [9.17, 15) is 21.6 Å². The Morgan fingerprint density at radius 1 is 1.56 bits per heavy atom. The van der Waals surface area contributed by atoms with Crippen molar-refractivity contribution in [3.8, 4) is 6.07 Å². The molecule has 0 bridgehead atoms. The molecule has 0 aliphatic heterocycles. The smallest absolute Gasteiger partial charge is 0.380 e. The minimum absolute atomic E-state index is 0.127. The summed E-state index contributed by atoms with van der Waals surface area (Å²) >= 11 is 0. The van der Waals surface area contributed by atoms with E-state index in [1.165, 1.54) is 6.08 Å². The third kappa shape index (κ3) is 2.61. The van der Waals surface area contributed by atoms with Crippen molar-refractivity contribution in [2.75, 3.05) is 0 Å². The van der Waals surface area contributed by atoms with Crippen LogP contribution in [-0.2, 0) is 14.3 Å². The maximum Gasteiger partial charge on any atom is 0.534 e. The van der Waals surface area contributed by atoms with E-state index in [0.29, 0.717) is 6.42 Å². The van der Waals surface area contributed by atoms with E-state index in [1.54, 1.807) is 13.8 Å². The molecule has 0 N–H and O–H groups in total. The molecular weight excluding hydrogens is 271 g/mol. The normalized spacial score (nSPS) is 23.3. The zero-order valence-electron chi connectivity index (χ0n) is 9.78. The highest BCUT2D eigenvalue weighted by Gasteiger charge is 2.51. The van der Waals surface area contributed by atoms with Gasteiger partial charge in [0.25, 0.3) is 0 Å². The second-order valence-corrected chi connectivity index (χ2v) is 6.11. The van der Waals surface area contributed by atoms with Crippen LogP contribution >= 0.6 is 0 Å². The molecule has 8 heteroatoms. The van der Waals surface area contributed by atoms with E-state index >= 15 is 0 Å². The van der Waals surface area contributed by atoms with Crippen molar-refractivity contribution in [1.29, 1.82) is 5.26 Å². The molecule has 18 heavy (non-hydrogen) atoms. The monoisotopic (exact) mass is 283 g/mol. The van der Waals surface area contributed by atoms with Gasteiger partial charge in [-0.3, -0.25) is 0 Å². The predicted molar refractivity (Wildman–Crippen MR) is 56.3 cm³/mol. The minimum Gasteiger partial charge on any atom is -0.380 e. The van der Waals surface area contributed by atoms with Crippen LogP contribution in [0.4, 0.5) is 13.2 Å².